The molecule has 0 aromatic heterocycles. The fraction of sp³-hybridized carbons (Fsp3) is 0.909. The van der Waals surface area contributed by atoms with Crippen molar-refractivity contribution in [3.63, 3.8) is 0 Å². The van der Waals surface area contributed by atoms with Crippen molar-refractivity contribution in [3.8, 4) is 0 Å². The first-order valence-electron chi connectivity index (χ1n) is 5.46. The molecule has 0 spiro atoms. The molecule has 0 aliphatic carbocycles. The topological polar surface area (TPSA) is 17.1 Å². The SMILES string of the molecule is CCCCCCC(=O)SCCCC. The van der Waals surface area contributed by atoms with Crippen LogP contribution in [0.1, 0.15) is 58.8 Å². The molecule has 0 aliphatic rings. The highest BCUT2D eigenvalue weighted by molar-refractivity contribution is 8.13. The molecule has 0 N–H and O–H groups in total. The van der Waals surface area contributed by atoms with Crippen molar-refractivity contribution < 1.29 is 4.79 Å². The van der Waals surface area contributed by atoms with E-state index in [9.17, 15) is 4.79 Å². The van der Waals surface area contributed by atoms with Gasteiger partial charge in [-0.25, -0.2) is 0 Å². The maximum atomic E-state index is 11.2. The number of hydrogen-bond acceptors (Lipinski definition) is 2. The van der Waals surface area contributed by atoms with Gasteiger partial charge >= 0.3 is 0 Å². The summed E-state index contributed by atoms with van der Waals surface area (Å²) in [6, 6.07) is 0. The summed E-state index contributed by atoms with van der Waals surface area (Å²) in [5.74, 6) is 1.02. The third kappa shape index (κ3) is 9.94. The lowest BCUT2D eigenvalue weighted by Crippen LogP contribution is -1.93. The number of unbranched alkanes of at least 4 members (excludes halogenated alkanes) is 4. The summed E-state index contributed by atoms with van der Waals surface area (Å²) in [4.78, 5) is 11.2. The Kier molecular flexibility index (Phi) is 10.1. The van der Waals surface area contributed by atoms with Crippen molar-refractivity contribution in [1.82, 2.24) is 0 Å². The molecule has 78 valence electrons. The Labute approximate surface area is 86.7 Å². The van der Waals surface area contributed by atoms with Gasteiger partial charge in [-0.05, 0) is 12.8 Å². The van der Waals surface area contributed by atoms with E-state index >= 15 is 0 Å². The summed E-state index contributed by atoms with van der Waals surface area (Å²) < 4.78 is 0. The largest absolute Gasteiger partial charge is 0.287 e. The number of thioether (sulfide) groups is 1. The fourth-order valence-electron chi connectivity index (χ4n) is 1.10. The molecule has 0 unspecified atom stereocenters. The molecule has 0 amide bonds. The molecule has 0 aliphatic heterocycles. The fourth-order valence-corrected chi connectivity index (χ4v) is 2.05. The van der Waals surface area contributed by atoms with Crippen LogP contribution >= 0.6 is 11.8 Å². The summed E-state index contributed by atoms with van der Waals surface area (Å²) in [6.07, 6.45) is 7.97. The van der Waals surface area contributed by atoms with E-state index in [4.69, 9.17) is 0 Å². The van der Waals surface area contributed by atoms with E-state index < -0.39 is 0 Å². The van der Waals surface area contributed by atoms with Gasteiger partial charge in [-0.15, -0.1) is 0 Å². The van der Waals surface area contributed by atoms with Gasteiger partial charge in [0.2, 0.25) is 0 Å². The predicted molar refractivity (Wildman–Crippen MR) is 61.1 cm³/mol. The quantitative estimate of drug-likeness (QED) is 0.553. The second kappa shape index (κ2) is 10.1. The Hall–Kier alpha value is 0.0200. The molecule has 0 radical (unpaired) electrons. The minimum Gasteiger partial charge on any atom is -0.287 e. The Morgan fingerprint density at radius 2 is 1.69 bits per heavy atom. The Bertz CT molecular complexity index is 123. The van der Waals surface area contributed by atoms with Crippen LogP contribution in [0.2, 0.25) is 0 Å². The van der Waals surface area contributed by atoms with E-state index in [0.717, 1.165) is 18.6 Å². The molecule has 0 saturated carbocycles. The van der Waals surface area contributed by atoms with Crippen LogP contribution < -0.4 is 0 Å². The smallest absolute Gasteiger partial charge is 0.188 e. The van der Waals surface area contributed by atoms with Crippen LogP contribution in [0.5, 0.6) is 0 Å². The molecule has 0 atom stereocenters. The highest BCUT2D eigenvalue weighted by Crippen LogP contribution is 2.12. The molecule has 0 aromatic rings. The first-order valence-corrected chi connectivity index (χ1v) is 6.45. The zero-order chi connectivity index (χ0) is 9.94. The lowest BCUT2D eigenvalue weighted by molar-refractivity contribution is -0.111. The minimum atomic E-state index is 0.393. The van der Waals surface area contributed by atoms with Gasteiger partial charge in [0.05, 0.1) is 0 Å². The first-order chi connectivity index (χ1) is 6.31. The molecule has 0 fully saturated rings. The maximum absolute atomic E-state index is 11.2. The Balaban J connectivity index is 3.11. The number of carbonyl (C=O) groups excluding carboxylic acids is 1. The summed E-state index contributed by atoms with van der Waals surface area (Å²) >= 11 is 1.52. The summed E-state index contributed by atoms with van der Waals surface area (Å²) in [7, 11) is 0. The Morgan fingerprint density at radius 1 is 1.00 bits per heavy atom. The van der Waals surface area contributed by atoms with Crippen molar-refractivity contribution >= 4 is 16.9 Å². The molecular formula is C11H22OS. The van der Waals surface area contributed by atoms with Crippen LogP contribution in [-0.2, 0) is 4.79 Å². The lowest BCUT2D eigenvalue weighted by atomic mass is 10.2. The standard InChI is InChI=1S/C11H22OS/c1-3-5-7-8-9-11(12)13-10-6-4-2/h3-10H2,1-2H3. The van der Waals surface area contributed by atoms with Crippen molar-refractivity contribution in [2.45, 2.75) is 58.8 Å². The molecule has 0 saturated heterocycles. The average Bonchev–Trinajstić information content (AvgIpc) is 2.13. The van der Waals surface area contributed by atoms with E-state index in [1.54, 1.807) is 0 Å². The summed E-state index contributed by atoms with van der Waals surface area (Å²) in [5, 5.41) is 0.393. The van der Waals surface area contributed by atoms with Crippen molar-refractivity contribution in [1.29, 1.82) is 0 Å². The number of hydrogen-bond donors (Lipinski definition) is 0. The van der Waals surface area contributed by atoms with E-state index in [-0.39, 0.29) is 0 Å². The van der Waals surface area contributed by atoms with Crippen LogP contribution in [0.4, 0.5) is 0 Å². The average molecular weight is 202 g/mol. The second-order valence-corrected chi connectivity index (χ2v) is 4.54. The second-order valence-electron chi connectivity index (χ2n) is 3.38. The van der Waals surface area contributed by atoms with Gasteiger partial charge < -0.3 is 0 Å². The van der Waals surface area contributed by atoms with Crippen LogP contribution in [0.15, 0.2) is 0 Å². The first kappa shape index (κ1) is 13.0. The summed E-state index contributed by atoms with van der Waals surface area (Å²) in [5.41, 5.74) is 0. The molecular weight excluding hydrogens is 180 g/mol. The highest BCUT2D eigenvalue weighted by Gasteiger charge is 2.00. The van der Waals surface area contributed by atoms with Crippen LogP contribution in [0.3, 0.4) is 0 Å². The van der Waals surface area contributed by atoms with E-state index in [1.165, 1.54) is 43.9 Å². The summed E-state index contributed by atoms with van der Waals surface area (Å²) in [6.45, 7) is 4.35. The van der Waals surface area contributed by atoms with E-state index in [2.05, 4.69) is 13.8 Å². The van der Waals surface area contributed by atoms with Crippen molar-refractivity contribution in [2.75, 3.05) is 5.75 Å². The monoisotopic (exact) mass is 202 g/mol. The molecule has 2 heteroatoms. The van der Waals surface area contributed by atoms with Gasteiger partial charge in [-0.3, -0.25) is 4.79 Å². The zero-order valence-corrected chi connectivity index (χ0v) is 9.79. The predicted octanol–water partition coefficient (Wildman–Crippen LogP) is 4.02. The highest BCUT2D eigenvalue weighted by atomic mass is 32.2. The normalized spacial score (nSPS) is 10.3. The van der Waals surface area contributed by atoms with E-state index in [0.29, 0.717) is 5.12 Å². The van der Waals surface area contributed by atoms with Gasteiger partial charge in [0, 0.05) is 12.2 Å². The van der Waals surface area contributed by atoms with Gasteiger partial charge in [-0.1, -0.05) is 51.3 Å². The van der Waals surface area contributed by atoms with Crippen LogP contribution in [-0.4, -0.2) is 10.9 Å². The van der Waals surface area contributed by atoms with Gasteiger partial charge in [-0.2, -0.15) is 0 Å². The Morgan fingerprint density at radius 3 is 2.31 bits per heavy atom. The van der Waals surface area contributed by atoms with Gasteiger partial charge in [0.25, 0.3) is 0 Å². The molecule has 0 rings (SSSR count). The molecule has 0 aromatic carbocycles. The number of rotatable bonds is 8. The molecule has 0 bridgehead atoms. The third-order valence-corrected chi connectivity index (χ3v) is 3.01. The van der Waals surface area contributed by atoms with Gasteiger partial charge in [0.15, 0.2) is 5.12 Å². The van der Waals surface area contributed by atoms with Crippen LogP contribution in [0.25, 0.3) is 0 Å². The molecule has 0 heterocycles. The zero-order valence-electron chi connectivity index (χ0n) is 8.97. The maximum Gasteiger partial charge on any atom is 0.188 e. The van der Waals surface area contributed by atoms with Crippen LogP contribution in [0, 0.1) is 0 Å². The van der Waals surface area contributed by atoms with Gasteiger partial charge in [0.1, 0.15) is 0 Å². The third-order valence-electron chi connectivity index (χ3n) is 2.00. The van der Waals surface area contributed by atoms with E-state index in [1.807, 2.05) is 0 Å². The lowest BCUT2D eigenvalue weighted by Gasteiger charge is -1.99. The number of carbonyl (C=O) groups is 1. The molecule has 1 nitrogen and oxygen atoms in total. The van der Waals surface area contributed by atoms with Crippen molar-refractivity contribution in [2.24, 2.45) is 0 Å². The minimum absolute atomic E-state index is 0.393. The van der Waals surface area contributed by atoms with Crippen molar-refractivity contribution in [3.05, 3.63) is 0 Å². The molecule has 13 heavy (non-hydrogen) atoms.